The van der Waals surface area contributed by atoms with Gasteiger partial charge in [-0.3, -0.25) is 9.13 Å². The fourth-order valence-electron chi connectivity index (χ4n) is 3.20. The molecule has 0 saturated heterocycles. The molecule has 1 aromatic carbocycles. The number of aryl methyl sites for hydroxylation is 2. The summed E-state index contributed by atoms with van der Waals surface area (Å²) in [5.74, 6) is -0.651. The van der Waals surface area contributed by atoms with Crippen LogP contribution in [0.3, 0.4) is 0 Å². The van der Waals surface area contributed by atoms with Crippen LogP contribution in [0, 0.1) is 11.3 Å². The van der Waals surface area contributed by atoms with E-state index >= 15 is 0 Å². The quantitative estimate of drug-likeness (QED) is 0.425. The summed E-state index contributed by atoms with van der Waals surface area (Å²) in [5, 5.41) is 22.1. The van der Waals surface area contributed by atoms with E-state index in [1.807, 2.05) is 6.07 Å². The Bertz CT molecular complexity index is 1240. The molecule has 10 heteroatoms. The molecule has 0 aliphatic carbocycles. The lowest BCUT2D eigenvalue weighted by Crippen LogP contribution is -2.23. The smallest absolute Gasteiger partial charge is 0.357 e. The minimum atomic E-state index is -0.651. The molecule has 0 aliphatic heterocycles. The van der Waals surface area contributed by atoms with Gasteiger partial charge >= 0.3 is 11.7 Å². The van der Waals surface area contributed by atoms with Crippen LogP contribution < -0.4 is 11.0 Å². The summed E-state index contributed by atoms with van der Waals surface area (Å²) in [5.41, 5.74) is 2.12. The third-order valence-electron chi connectivity index (χ3n) is 4.77. The van der Waals surface area contributed by atoms with Crippen molar-refractivity contribution in [3.8, 4) is 6.07 Å². The summed E-state index contributed by atoms with van der Waals surface area (Å²) in [6, 6.07) is 8.67. The number of rotatable bonds is 7. The van der Waals surface area contributed by atoms with E-state index in [1.54, 1.807) is 43.7 Å². The Morgan fingerprint density at radius 2 is 2.13 bits per heavy atom. The number of nitriles is 1. The number of benzene rings is 1. The maximum absolute atomic E-state index is 12.6. The molecule has 0 bridgehead atoms. The molecular weight excluding hydrogens is 422 g/mol. The van der Waals surface area contributed by atoms with Gasteiger partial charge in [-0.1, -0.05) is 11.6 Å². The molecule has 0 saturated carbocycles. The highest BCUT2D eigenvalue weighted by Crippen LogP contribution is 2.28. The highest BCUT2D eigenvalue weighted by molar-refractivity contribution is 6.31. The summed E-state index contributed by atoms with van der Waals surface area (Å²) in [6.07, 6.45) is -0.111. The van der Waals surface area contributed by atoms with Crippen molar-refractivity contribution in [2.24, 2.45) is 7.05 Å². The molecule has 1 atom stereocenters. The average molecular weight is 444 g/mol. The molecule has 0 amide bonds. The minimum absolute atomic E-state index is 0.0250. The summed E-state index contributed by atoms with van der Waals surface area (Å²) in [4.78, 5) is 28.6. The number of anilines is 2. The maximum atomic E-state index is 12.6. The summed E-state index contributed by atoms with van der Waals surface area (Å²) in [7, 11) is 1.68. The van der Waals surface area contributed by atoms with Crippen molar-refractivity contribution in [3.63, 3.8) is 0 Å². The van der Waals surface area contributed by atoms with E-state index < -0.39 is 12.1 Å². The lowest BCUT2D eigenvalue weighted by atomic mass is 10.2. The zero-order chi connectivity index (χ0) is 22.7. The van der Waals surface area contributed by atoms with Gasteiger partial charge in [-0.05, 0) is 44.5 Å². The van der Waals surface area contributed by atoms with Crippen LogP contribution >= 0.6 is 11.6 Å². The first-order valence-electron chi connectivity index (χ1n) is 9.69. The number of carbonyl (C=O) groups excluding carboxylic acids is 1. The number of pyridine rings is 1. The third-order valence-corrected chi connectivity index (χ3v) is 5.04. The van der Waals surface area contributed by atoms with Gasteiger partial charge in [0.25, 0.3) is 0 Å². The molecule has 2 N–H and O–H groups in total. The van der Waals surface area contributed by atoms with Gasteiger partial charge < -0.3 is 15.2 Å². The number of aliphatic hydroxyl groups is 1. The van der Waals surface area contributed by atoms with Gasteiger partial charge in [-0.15, -0.1) is 0 Å². The predicted octanol–water partition coefficient (Wildman–Crippen LogP) is 2.95. The molecule has 0 radical (unpaired) electrons. The van der Waals surface area contributed by atoms with Crippen molar-refractivity contribution in [1.29, 1.82) is 5.26 Å². The maximum Gasteiger partial charge on any atom is 0.357 e. The van der Waals surface area contributed by atoms with Gasteiger partial charge in [0.1, 0.15) is 16.8 Å². The number of halogens is 1. The molecule has 3 aromatic rings. The average Bonchev–Trinajstić information content (AvgIpc) is 2.96. The summed E-state index contributed by atoms with van der Waals surface area (Å²) >= 11 is 6.11. The van der Waals surface area contributed by atoms with Crippen LogP contribution in [0.5, 0.6) is 0 Å². The zero-order valence-electron chi connectivity index (χ0n) is 17.3. The highest BCUT2D eigenvalue weighted by atomic mass is 35.5. The van der Waals surface area contributed by atoms with Crippen molar-refractivity contribution in [2.75, 3.05) is 11.9 Å². The molecule has 0 aliphatic rings. The predicted molar refractivity (Wildman–Crippen MR) is 117 cm³/mol. The third kappa shape index (κ3) is 4.55. The fourth-order valence-corrected chi connectivity index (χ4v) is 3.44. The van der Waals surface area contributed by atoms with Gasteiger partial charge in [0.15, 0.2) is 5.69 Å². The molecule has 2 heterocycles. The first kappa shape index (κ1) is 22.3. The number of nitrogens with one attached hydrogen (secondary N) is 1. The summed E-state index contributed by atoms with van der Waals surface area (Å²) < 4.78 is 8.08. The fraction of sp³-hybridized carbons (Fsp3) is 0.333. The van der Waals surface area contributed by atoms with E-state index in [0.29, 0.717) is 29.9 Å². The van der Waals surface area contributed by atoms with Gasteiger partial charge in [0, 0.05) is 19.3 Å². The van der Waals surface area contributed by atoms with Crippen LogP contribution in [0.2, 0.25) is 5.15 Å². The molecule has 0 fully saturated rings. The number of carbonyl (C=O) groups is 1. The van der Waals surface area contributed by atoms with Crippen molar-refractivity contribution in [2.45, 2.75) is 32.9 Å². The Balaban J connectivity index is 2.05. The Morgan fingerprint density at radius 3 is 2.77 bits per heavy atom. The van der Waals surface area contributed by atoms with Crippen molar-refractivity contribution in [3.05, 3.63) is 51.2 Å². The Morgan fingerprint density at radius 1 is 1.39 bits per heavy atom. The number of aliphatic hydroxyl groups excluding tert-OH is 1. The lowest BCUT2D eigenvalue weighted by molar-refractivity contribution is 0.0519. The first-order chi connectivity index (χ1) is 14.8. The van der Waals surface area contributed by atoms with Crippen LogP contribution in [0.4, 0.5) is 11.4 Å². The molecule has 1 unspecified atom stereocenters. The number of nitrogens with zero attached hydrogens (tertiary/aromatic N) is 4. The van der Waals surface area contributed by atoms with Crippen LogP contribution in [0.1, 0.15) is 36.3 Å². The number of imidazole rings is 1. The number of hydrogen-bond donors (Lipinski definition) is 2. The molecule has 162 valence electrons. The molecule has 2 aromatic heterocycles. The van der Waals surface area contributed by atoms with E-state index in [-0.39, 0.29) is 28.7 Å². The minimum Gasteiger partial charge on any atom is -0.461 e. The van der Waals surface area contributed by atoms with E-state index in [4.69, 9.17) is 16.3 Å². The number of aromatic nitrogens is 3. The number of fused-ring (bicyclic) bond motifs is 1. The molecule has 0 spiro atoms. The SMILES string of the molecule is CCOC(=O)c1cc(Nc2ccc3c(c2)n(CCC(C)O)c(=O)n3C)c(C#N)c(Cl)n1. The second-order valence-corrected chi connectivity index (χ2v) is 7.37. The first-order valence-corrected chi connectivity index (χ1v) is 10.1. The van der Waals surface area contributed by atoms with Gasteiger partial charge in [-0.2, -0.15) is 5.26 Å². The van der Waals surface area contributed by atoms with Crippen LogP contribution in [0.25, 0.3) is 11.0 Å². The topological polar surface area (TPSA) is 122 Å². The number of esters is 1. The second-order valence-electron chi connectivity index (χ2n) is 7.01. The number of ether oxygens (including phenoxy) is 1. The van der Waals surface area contributed by atoms with Crippen LogP contribution in [-0.4, -0.2) is 37.9 Å². The molecule has 9 nitrogen and oxygen atoms in total. The van der Waals surface area contributed by atoms with Gasteiger partial charge in [-0.25, -0.2) is 14.6 Å². The van der Waals surface area contributed by atoms with Crippen LogP contribution in [0.15, 0.2) is 29.1 Å². The highest BCUT2D eigenvalue weighted by Gasteiger charge is 2.18. The van der Waals surface area contributed by atoms with Crippen molar-refractivity contribution < 1.29 is 14.6 Å². The molecule has 31 heavy (non-hydrogen) atoms. The van der Waals surface area contributed by atoms with Crippen LogP contribution in [-0.2, 0) is 18.3 Å². The van der Waals surface area contributed by atoms with Gasteiger partial charge in [0.2, 0.25) is 0 Å². The standard InChI is InChI=1S/C21H22ClN5O4/c1-4-31-20(29)16-10-15(14(11-23)19(22)25-16)24-13-5-6-17-18(9-13)27(8-7-12(2)28)21(30)26(17)3/h5-6,9-10,12,28H,4,7-8H2,1-3H3,(H,24,25). The van der Waals surface area contributed by atoms with E-state index in [9.17, 15) is 20.0 Å². The summed E-state index contributed by atoms with van der Waals surface area (Å²) in [6.45, 7) is 3.87. The normalized spacial score (nSPS) is 11.9. The molecule has 3 rings (SSSR count). The van der Waals surface area contributed by atoms with E-state index in [2.05, 4.69) is 10.3 Å². The van der Waals surface area contributed by atoms with E-state index in [0.717, 1.165) is 5.52 Å². The Kier molecular flexibility index (Phi) is 6.63. The zero-order valence-corrected chi connectivity index (χ0v) is 18.1. The monoisotopic (exact) mass is 443 g/mol. The lowest BCUT2D eigenvalue weighted by Gasteiger charge is -2.12. The second kappa shape index (κ2) is 9.20. The van der Waals surface area contributed by atoms with Crippen molar-refractivity contribution >= 4 is 40.0 Å². The largest absolute Gasteiger partial charge is 0.461 e. The molecular formula is C21H22ClN5O4. The van der Waals surface area contributed by atoms with E-state index in [1.165, 1.54) is 10.6 Å². The Labute approximate surface area is 183 Å². The van der Waals surface area contributed by atoms with Gasteiger partial charge in [0.05, 0.1) is 29.4 Å². The Hall–Kier alpha value is -3.35. The number of hydrogen-bond acceptors (Lipinski definition) is 7. The van der Waals surface area contributed by atoms with Crippen molar-refractivity contribution in [1.82, 2.24) is 14.1 Å².